The molecule has 0 amide bonds. The fourth-order valence-electron chi connectivity index (χ4n) is 5.23. The van der Waals surface area contributed by atoms with Crippen molar-refractivity contribution in [2.24, 2.45) is 23.7 Å². The van der Waals surface area contributed by atoms with E-state index < -0.39 is 0 Å². The lowest BCUT2D eigenvalue weighted by Gasteiger charge is -2.29. The highest BCUT2D eigenvalue weighted by Crippen LogP contribution is 2.57. The van der Waals surface area contributed by atoms with Crippen molar-refractivity contribution < 1.29 is 0 Å². The second-order valence-electron chi connectivity index (χ2n) is 7.87. The molecular formula is C20H25NS. The van der Waals surface area contributed by atoms with E-state index in [1.54, 1.807) is 21.7 Å². The molecule has 3 aliphatic carbocycles. The summed E-state index contributed by atoms with van der Waals surface area (Å²) in [4.78, 5) is 1.69. The molecule has 0 radical (unpaired) electrons. The fourth-order valence-corrected chi connectivity index (χ4v) is 6.90. The molecule has 6 unspecified atom stereocenters. The van der Waals surface area contributed by atoms with E-state index in [0.29, 0.717) is 12.0 Å². The molecule has 1 N–H and O–H groups in total. The number of hydrogen-bond donors (Lipinski definition) is 1. The molecule has 0 saturated heterocycles. The highest BCUT2D eigenvalue weighted by molar-refractivity contribution is 8.04. The van der Waals surface area contributed by atoms with Crippen LogP contribution in [0.1, 0.15) is 39.5 Å². The van der Waals surface area contributed by atoms with Crippen LogP contribution in [0.5, 0.6) is 0 Å². The summed E-state index contributed by atoms with van der Waals surface area (Å²) in [6, 6.07) is 0.652. The van der Waals surface area contributed by atoms with Crippen molar-refractivity contribution in [2.45, 2.75) is 50.8 Å². The average Bonchev–Trinajstić information content (AvgIpc) is 3.06. The van der Waals surface area contributed by atoms with Crippen molar-refractivity contribution in [2.75, 3.05) is 0 Å². The van der Waals surface area contributed by atoms with E-state index in [-0.39, 0.29) is 0 Å². The first kappa shape index (κ1) is 13.5. The maximum absolute atomic E-state index is 3.91. The zero-order valence-electron chi connectivity index (χ0n) is 13.5. The summed E-state index contributed by atoms with van der Waals surface area (Å²) in [7, 11) is 0. The van der Waals surface area contributed by atoms with Crippen molar-refractivity contribution >= 4 is 11.8 Å². The van der Waals surface area contributed by atoms with Gasteiger partial charge in [0.15, 0.2) is 0 Å². The van der Waals surface area contributed by atoms with Gasteiger partial charge in [0.1, 0.15) is 0 Å². The Kier molecular flexibility index (Phi) is 2.95. The van der Waals surface area contributed by atoms with E-state index >= 15 is 0 Å². The number of fused-ring (bicyclic) bond motifs is 5. The van der Waals surface area contributed by atoms with Gasteiger partial charge in [0.05, 0.1) is 0 Å². The highest BCUT2D eigenvalue weighted by Gasteiger charge is 2.46. The van der Waals surface area contributed by atoms with Crippen LogP contribution in [-0.2, 0) is 0 Å². The minimum Gasteiger partial charge on any atom is -0.384 e. The molecule has 0 aromatic heterocycles. The number of thioether (sulfide) groups is 1. The summed E-state index contributed by atoms with van der Waals surface area (Å²) >= 11 is 2.18. The second-order valence-corrected chi connectivity index (χ2v) is 9.06. The molecule has 0 fully saturated rings. The van der Waals surface area contributed by atoms with Gasteiger partial charge in [0, 0.05) is 27.8 Å². The predicted molar refractivity (Wildman–Crippen MR) is 94.4 cm³/mol. The Morgan fingerprint density at radius 3 is 2.95 bits per heavy atom. The lowest BCUT2D eigenvalue weighted by atomic mass is 9.75. The smallest absolute Gasteiger partial charge is 0.0391 e. The minimum atomic E-state index is 0.637. The molecule has 6 atom stereocenters. The number of hydrogen-bond acceptors (Lipinski definition) is 2. The van der Waals surface area contributed by atoms with Crippen molar-refractivity contribution in [3.05, 3.63) is 46.1 Å². The third kappa shape index (κ3) is 1.79. The molecule has 22 heavy (non-hydrogen) atoms. The molecule has 116 valence electrons. The molecule has 1 nitrogen and oxygen atoms in total. The molecular weight excluding hydrogens is 286 g/mol. The molecule has 5 rings (SSSR count). The summed E-state index contributed by atoms with van der Waals surface area (Å²) in [5, 5.41) is 4.63. The summed E-state index contributed by atoms with van der Waals surface area (Å²) in [5.74, 6) is 2.97. The van der Waals surface area contributed by atoms with Gasteiger partial charge in [-0.15, -0.1) is 11.8 Å². The maximum Gasteiger partial charge on any atom is 0.0391 e. The Labute approximate surface area is 138 Å². The molecule has 0 spiro atoms. The van der Waals surface area contributed by atoms with E-state index in [4.69, 9.17) is 0 Å². The molecule has 2 aliphatic heterocycles. The van der Waals surface area contributed by atoms with E-state index in [1.807, 2.05) is 0 Å². The van der Waals surface area contributed by atoms with Crippen LogP contribution in [0.15, 0.2) is 46.1 Å². The molecule has 5 aliphatic rings. The standard InChI is InChI=1S/C20H25NS/c1-11-6-9-17-15(10-11)13-7-8-16-18(20(13)22-17)14-5-3-4-12(2)19(14)21-16/h3,5-6,9,11-12,14-15,17,19,21H,4,7-8,10H2,1-2H3. The Morgan fingerprint density at radius 1 is 1.14 bits per heavy atom. The Morgan fingerprint density at radius 2 is 2.05 bits per heavy atom. The van der Waals surface area contributed by atoms with Crippen LogP contribution < -0.4 is 5.32 Å². The Balaban J connectivity index is 1.55. The molecule has 0 saturated carbocycles. The van der Waals surface area contributed by atoms with Crippen molar-refractivity contribution in [1.29, 1.82) is 0 Å². The van der Waals surface area contributed by atoms with Gasteiger partial charge >= 0.3 is 0 Å². The zero-order chi connectivity index (χ0) is 14.8. The van der Waals surface area contributed by atoms with Gasteiger partial charge in [-0.1, -0.05) is 43.7 Å². The van der Waals surface area contributed by atoms with Crippen LogP contribution >= 0.6 is 11.8 Å². The van der Waals surface area contributed by atoms with Crippen LogP contribution in [0.4, 0.5) is 0 Å². The summed E-state index contributed by atoms with van der Waals surface area (Å²) in [5.41, 5.74) is 5.07. The molecule has 2 heteroatoms. The third-order valence-corrected chi connectivity index (χ3v) is 7.86. The van der Waals surface area contributed by atoms with E-state index in [0.717, 1.165) is 23.0 Å². The van der Waals surface area contributed by atoms with Crippen LogP contribution in [0.3, 0.4) is 0 Å². The quantitative estimate of drug-likeness (QED) is 0.645. The molecule has 0 bridgehead atoms. The largest absolute Gasteiger partial charge is 0.384 e. The highest BCUT2D eigenvalue weighted by atomic mass is 32.2. The summed E-state index contributed by atoms with van der Waals surface area (Å²) < 4.78 is 0. The first-order valence-corrected chi connectivity index (χ1v) is 9.85. The van der Waals surface area contributed by atoms with Crippen molar-refractivity contribution in [1.82, 2.24) is 5.32 Å². The van der Waals surface area contributed by atoms with Crippen LogP contribution in [0.25, 0.3) is 0 Å². The van der Waals surface area contributed by atoms with Crippen LogP contribution in [0, 0.1) is 23.7 Å². The topological polar surface area (TPSA) is 12.0 Å². The zero-order valence-corrected chi connectivity index (χ0v) is 14.3. The third-order valence-electron chi connectivity index (χ3n) is 6.38. The number of rotatable bonds is 0. The normalized spacial score (nSPS) is 45.4. The maximum atomic E-state index is 3.91. The van der Waals surface area contributed by atoms with Gasteiger partial charge in [-0.2, -0.15) is 0 Å². The van der Waals surface area contributed by atoms with Gasteiger partial charge in [0.2, 0.25) is 0 Å². The molecule has 0 aromatic rings. The predicted octanol–water partition coefficient (Wildman–Crippen LogP) is 4.80. The summed E-state index contributed by atoms with van der Waals surface area (Å²) in [6.45, 7) is 4.79. The average molecular weight is 311 g/mol. The van der Waals surface area contributed by atoms with Crippen molar-refractivity contribution in [3.63, 3.8) is 0 Å². The number of nitrogens with one attached hydrogen (secondary N) is 1. The van der Waals surface area contributed by atoms with Gasteiger partial charge in [0.25, 0.3) is 0 Å². The number of allylic oxidation sites excluding steroid dienone is 5. The summed E-state index contributed by atoms with van der Waals surface area (Å²) in [6.07, 6.45) is 15.0. The van der Waals surface area contributed by atoms with Gasteiger partial charge in [-0.05, 0) is 49.0 Å². The van der Waals surface area contributed by atoms with Crippen LogP contribution in [-0.4, -0.2) is 11.3 Å². The first-order valence-electron chi connectivity index (χ1n) is 8.97. The molecule has 0 aromatic carbocycles. The van der Waals surface area contributed by atoms with Gasteiger partial charge in [-0.25, -0.2) is 0 Å². The Bertz CT molecular complexity index is 638. The second kappa shape index (κ2) is 4.80. The molecule has 2 heterocycles. The minimum absolute atomic E-state index is 0.637. The van der Waals surface area contributed by atoms with Crippen molar-refractivity contribution in [3.8, 4) is 0 Å². The van der Waals surface area contributed by atoms with E-state index in [1.165, 1.54) is 25.7 Å². The van der Waals surface area contributed by atoms with E-state index in [9.17, 15) is 0 Å². The lowest BCUT2D eigenvalue weighted by Crippen LogP contribution is -2.36. The first-order chi connectivity index (χ1) is 10.7. The SMILES string of the molecule is CC1C=CC2SC3=C(CCC4=C3C3C=CCC(C)C3N4)C2C1. The van der Waals surface area contributed by atoms with Gasteiger partial charge in [-0.3, -0.25) is 0 Å². The monoisotopic (exact) mass is 311 g/mol. The van der Waals surface area contributed by atoms with Gasteiger partial charge < -0.3 is 5.32 Å². The van der Waals surface area contributed by atoms with E-state index in [2.05, 4.69) is 55.2 Å². The fraction of sp³-hybridized carbons (Fsp3) is 0.600. The van der Waals surface area contributed by atoms with Crippen LogP contribution in [0.2, 0.25) is 0 Å². The lowest BCUT2D eigenvalue weighted by molar-refractivity contribution is 0.365. The Hall–Kier alpha value is -0.890.